The van der Waals surface area contributed by atoms with Crippen LogP contribution in [0.5, 0.6) is 0 Å². The van der Waals surface area contributed by atoms with Crippen LogP contribution in [0.1, 0.15) is 28.8 Å². The van der Waals surface area contributed by atoms with Crippen molar-refractivity contribution in [1.82, 2.24) is 4.90 Å². The first-order valence-electron chi connectivity index (χ1n) is 6.68. The van der Waals surface area contributed by atoms with Crippen molar-refractivity contribution in [3.63, 3.8) is 0 Å². The number of amides is 1. The number of hydrogen-bond donors (Lipinski definition) is 1. The van der Waals surface area contributed by atoms with Crippen LogP contribution in [0.3, 0.4) is 0 Å². The van der Waals surface area contributed by atoms with E-state index in [9.17, 15) is 20.0 Å². The van der Waals surface area contributed by atoms with Gasteiger partial charge in [0.15, 0.2) is 0 Å². The van der Waals surface area contributed by atoms with Crippen molar-refractivity contribution in [2.24, 2.45) is 5.92 Å². The number of para-hydroxylation sites is 1. The van der Waals surface area contributed by atoms with Gasteiger partial charge in [0.2, 0.25) is 0 Å². The maximum atomic E-state index is 12.5. The molecule has 1 saturated heterocycles. The van der Waals surface area contributed by atoms with Gasteiger partial charge >= 0.3 is 0 Å². The van der Waals surface area contributed by atoms with E-state index in [4.69, 9.17) is 0 Å². The van der Waals surface area contributed by atoms with Crippen LogP contribution in [0.4, 0.5) is 5.69 Å². The zero-order valence-electron chi connectivity index (χ0n) is 11.4. The lowest BCUT2D eigenvalue weighted by molar-refractivity contribution is -0.385. The SMILES string of the molecule is Cc1cccc(C(=O)N2CCCC(CO)C2)c1[N+](=O)[O-]. The van der Waals surface area contributed by atoms with Gasteiger partial charge in [-0.3, -0.25) is 14.9 Å². The maximum Gasteiger partial charge on any atom is 0.285 e. The molecule has 0 saturated carbocycles. The molecule has 0 bridgehead atoms. The molecule has 6 heteroatoms. The molecule has 1 unspecified atom stereocenters. The third kappa shape index (κ3) is 2.80. The number of nitro benzene ring substituents is 1. The van der Waals surface area contributed by atoms with Crippen molar-refractivity contribution in [3.8, 4) is 0 Å². The average molecular weight is 278 g/mol. The third-order valence-corrected chi connectivity index (χ3v) is 3.72. The lowest BCUT2D eigenvalue weighted by Gasteiger charge is -2.31. The molecule has 1 aliphatic heterocycles. The van der Waals surface area contributed by atoms with Gasteiger partial charge in [-0.1, -0.05) is 12.1 Å². The zero-order chi connectivity index (χ0) is 14.7. The molecule has 0 radical (unpaired) electrons. The van der Waals surface area contributed by atoms with E-state index in [-0.39, 0.29) is 29.7 Å². The molecule has 0 spiro atoms. The Bertz CT molecular complexity index is 530. The van der Waals surface area contributed by atoms with Gasteiger partial charge in [0.05, 0.1) is 4.92 Å². The monoisotopic (exact) mass is 278 g/mol. The van der Waals surface area contributed by atoms with E-state index >= 15 is 0 Å². The van der Waals surface area contributed by atoms with Crippen LogP contribution < -0.4 is 0 Å². The van der Waals surface area contributed by atoms with Gasteiger partial charge in [0.25, 0.3) is 11.6 Å². The summed E-state index contributed by atoms with van der Waals surface area (Å²) in [6, 6.07) is 4.78. The van der Waals surface area contributed by atoms with Gasteiger partial charge < -0.3 is 10.0 Å². The molecule has 6 nitrogen and oxygen atoms in total. The van der Waals surface area contributed by atoms with Crippen molar-refractivity contribution in [2.75, 3.05) is 19.7 Å². The smallest absolute Gasteiger partial charge is 0.285 e. The first kappa shape index (κ1) is 14.5. The van der Waals surface area contributed by atoms with E-state index in [1.54, 1.807) is 24.0 Å². The molecule has 1 atom stereocenters. The summed E-state index contributed by atoms with van der Waals surface area (Å²) in [7, 11) is 0. The standard InChI is InChI=1S/C14H18N2O4/c1-10-4-2-6-12(13(10)16(19)20)14(18)15-7-3-5-11(8-15)9-17/h2,4,6,11,17H,3,5,7-9H2,1H3. The van der Waals surface area contributed by atoms with Crippen molar-refractivity contribution in [1.29, 1.82) is 0 Å². The molecule has 1 heterocycles. The number of aliphatic hydroxyl groups excluding tert-OH is 1. The van der Waals surface area contributed by atoms with Crippen LogP contribution in [-0.4, -0.2) is 40.5 Å². The highest BCUT2D eigenvalue weighted by Gasteiger charge is 2.29. The van der Waals surface area contributed by atoms with Crippen LogP contribution >= 0.6 is 0 Å². The Morgan fingerprint density at radius 3 is 2.95 bits per heavy atom. The highest BCUT2D eigenvalue weighted by Crippen LogP contribution is 2.26. The largest absolute Gasteiger partial charge is 0.396 e. The first-order chi connectivity index (χ1) is 9.54. The summed E-state index contributed by atoms with van der Waals surface area (Å²) in [4.78, 5) is 24.7. The summed E-state index contributed by atoms with van der Waals surface area (Å²) >= 11 is 0. The molecule has 0 aromatic heterocycles. The van der Waals surface area contributed by atoms with Gasteiger partial charge in [0.1, 0.15) is 5.56 Å². The van der Waals surface area contributed by atoms with Gasteiger partial charge in [-0.05, 0) is 31.7 Å². The van der Waals surface area contributed by atoms with Crippen LogP contribution in [0, 0.1) is 23.0 Å². The summed E-state index contributed by atoms with van der Waals surface area (Å²) in [5.41, 5.74) is 0.494. The second kappa shape index (κ2) is 6.00. The molecular formula is C14H18N2O4. The Balaban J connectivity index is 2.29. The minimum Gasteiger partial charge on any atom is -0.396 e. The van der Waals surface area contributed by atoms with Crippen LogP contribution in [-0.2, 0) is 0 Å². The van der Waals surface area contributed by atoms with Gasteiger partial charge in [-0.15, -0.1) is 0 Å². The normalized spacial score (nSPS) is 18.9. The van der Waals surface area contributed by atoms with E-state index < -0.39 is 4.92 Å². The summed E-state index contributed by atoms with van der Waals surface area (Å²) in [5.74, 6) is -0.255. The number of benzene rings is 1. The number of piperidine rings is 1. The molecule has 1 N–H and O–H groups in total. The lowest BCUT2D eigenvalue weighted by Crippen LogP contribution is -2.41. The fourth-order valence-electron chi connectivity index (χ4n) is 2.64. The van der Waals surface area contributed by atoms with Crippen molar-refractivity contribution in [2.45, 2.75) is 19.8 Å². The van der Waals surface area contributed by atoms with E-state index in [0.29, 0.717) is 18.7 Å². The van der Waals surface area contributed by atoms with Crippen LogP contribution in [0.25, 0.3) is 0 Å². The molecule has 108 valence electrons. The molecule has 1 aromatic carbocycles. The predicted molar refractivity (Wildman–Crippen MR) is 73.5 cm³/mol. The van der Waals surface area contributed by atoms with Gasteiger partial charge in [-0.25, -0.2) is 0 Å². The Kier molecular flexibility index (Phi) is 4.34. The number of carbonyl (C=O) groups excluding carboxylic acids is 1. The maximum absolute atomic E-state index is 12.5. The number of rotatable bonds is 3. The van der Waals surface area contributed by atoms with E-state index in [1.165, 1.54) is 6.07 Å². The summed E-state index contributed by atoms with van der Waals surface area (Å²) in [6.45, 7) is 2.71. The lowest BCUT2D eigenvalue weighted by atomic mass is 9.97. The fourth-order valence-corrected chi connectivity index (χ4v) is 2.64. The molecule has 1 fully saturated rings. The van der Waals surface area contributed by atoms with E-state index in [1.807, 2.05) is 0 Å². The highest BCUT2D eigenvalue weighted by atomic mass is 16.6. The molecule has 2 rings (SSSR count). The van der Waals surface area contributed by atoms with Crippen molar-refractivity contribution in [3.05, 3.63) is 39.4 Å². The molecular weight excluding hydrogens is 260 g/mol. The summed E-state index contributed by atoms with van der Waals surface area (Å²) in [5, 5.41) is 20.3. The van der Waals surface area contributed by atoms with Gasteiger partial charge in [0, 0.05) is 25.3 Å². The first-order valence-corrected chi connectivity index (χ1v) is 6.68. The van der Waals surface area contributed by atoms with Gasteiger partial charge in [-0.2, -0.15) is 0 Å². The molecule has 1 aromatic rings. The Morgan fingerprint density at radius 1 is 1.55 bits per heavy atom. The number of aryl methyl sites for hydroxylation is 1. The summed E-state index contributed by atoms with van der Waals surface area (Å²) < 4.78 is 0. The average Bonchev–Trinajstić information content (AvgIpc) is 2.45. The number of aliphatic hydroxyl groups is 1. The third-order valence-electron chi connectivity index (χ3n) is 3.72. The highest BCUT2D eigenvalue weighted by molar-refractivity contribution is 5.98. The van der Waals surface area contributed by atoms with Crippen molar-refractivity contribution >= 4 is 11.6 Å². The Labute approximate surface area is 117 Å². The Morgan fingerprint density at radius 2 is 2.30 bits per heavy atom. The summed E-state index contributed by atoms with van der Waals surface area (Å²) in [6.07, 6.45) is 1.70. The quantitative estimate of drug-likeness (QED) is 0.674. The van der Waals surface area contributed by atoms with E-state index in [2.05, 4.69) is 0 Å². The predicted octanol–water partition coefficient (Wildman–Crippen LogP) is 1.75. The van der Waals surface area contributed by atoms with E-state index in [0.717, 1.165) is 12.8 Å². The number of nitro groups is 1. The number of likely N-dealkylation sites (tertiary alicyclic amines) is 1. The minimum absolute atomic E-state index is 0.0414. The zero-order valence-corrected chi connectivity index (χ0v) is 11.4. The Hall–Kier alpha value is -1.95. The number of hydrogen-bond acceptors (Lipinski definition) is 4. The second-order valence-corrected chi connectivity index (χ2v) is 5.17. The second-order valence-electron chi connectivity index (χ2n) is 5.17. The van der Waals surface area contributed by atoms with Crippen LogP contribution in [0.15, 0.2) is 18.2 Å². The molecule has 20 heavy (non-hydrogen) atoms. The van der Waals surface area contributed by atoms with Crippen molar-refractivity contribution < 1.29 is 14.8 Å². The molecule has 1 aliphatic rings. The number of carbonyl (C=O) groups is 1. The fraction of sp³-hybridized carbons (Fsp3) is 0.500. The molecule has 0 aliphatic carbocycles. The molecule has 1 amide bonds. The topological polar surface area (TPSA) is 83.7 Å². The minimum atomic E-state index is -0.504. The van der Waals surface area contributed by atoms with Crippen LogP contribution in [0.2, 0.25) is 0 Å². The number of nitrogens with zero attached hydrogens (tertiary/aromatic N) is 2.